The molecule has 1 saturated carbocycles. The fourth-order valence-corrected chi connectivity index (χ4v) is 3.78. The van der Waals surface area contributed by atoms with Crippen molar-refractivity contribution in [2.24, 2.45) is 11.8 Å². The Kier molecular flexibility index (Phi) is 4.66. The third-order valence-electron chi connectivity index (χ3n) is 4.39. The van der Waals surface area contributed by atoms with Crippen LogP contribution in [0.3, 0.4) is 0 Å². The number of hydrogen-bond donors (Lipinski definition) is 1. The summed E-state index contributed by atoms with van der Waals surface area (Å²) >= 11 is 2.15. The van der Waals surface area contributed by atoms with E-state index in [0.29, 0.717) is 17.9 Å². The van der Waals surface area contributed by atoms with Crippen LogP contribution >= 0.6 is 22.6 Å². The van der Waals surface area contributed by atoms with Crippen LogP contribution in [0.2, 0.25) is 0 Å². The van der Waals surface area contributed by atoms with Crippen molar-refractivity contribution >= 4 is 34.5 Å². The Hall–Kier alpha value is -1.12. The maximum absolute atomic E-state index is 12.2. The van der Waals surface area contributed by atoms with Crippen molar-refractivity contribution < 1.29 is 9.53 Å². The number of carbonyl (C=O) groups excluding carboxylic acids is 1. The standard InChI is InChI=1S/C16H23IN4O2/c1-16(2,3)23-15(22)21-8-10-6-12(7-11(10)9-21)18-14-5-4-13(17)19-20-14/h4-5,10-12H,6-9H2,1-3H3,(H,18,20)/t10-,11+,12-. The molecule has 1 aromatic heterocycles. The molecule has 0 aromatic carbocycles. The van der Waals surface area contributed by atoms with E-state index < -0.39 is 5.60 Å². The Morgan fingerprint density at radius 1 is 1.26 bits per heavy atom. The predicted molar refractivity (Wildman–Crippen MR) is 96.2 cm³/mol. The van der Waals surface area contributed by atoms with E-state index in [-0.39, 0.29) is 6.09 Å². The van der Waals surface area contributed by atoms with E-state index in [1.165, 1.54) is 0 Å². The summed E-state index contributed by atoms with van der Waals surface area (Å²) in [6.45, 7) is 7.32. The Morgan fingerprint density at radius 2 is 1.91 bits per heavy atom. The number of anilines is 1. The number of nitrogens with one attached hydrogen (secondary N) is 1. The second kappa shape index (κ2) is 6.41. The molecule has 0 radical (unpaired) electrons. The van der Waals surface area contributed by atoms with Gasteiger partial charge in [0.05, 0.1) is 0 Å². The molecule has 1 aromatic rings. The van der Waals surface area contributed by atoms with E-state index in [9.17, 15) is 4.79 Å². The van der Waals surface area contributed by atoms with E-state index in [4.69, 9.17) is 4.74 Å². The molecular weight excluding hydrogens is 407 g/mol. The number of ether oxygens (including phenoxy) is 1. The van der Waals surface area contributed by atoms with E-state index in [2.05, 4.69) is 38.1 Å². The molecule has 1 aliphatic carbocycles. The van der Waals surface area contributed by atoms with Crippen molar-refractivity contribution in [2.45, 2.75) is 45.3 Å². The lowest BCUT2D eigenvalue weighted by molar-refractivity contribution is 0.0280. The molecule has 6 nitrogen and oxygen atoms in total. The number of aromatic nitrogens is 2. The number of halogens is 1. The van der Waals surface area contributed by atoms with E-state index in [1.54, 1.807) is 0 Å². The van der Waals surface area contributed by atoms with Gasteiger partial charge < -0.3 is 15.0 Å². The Balaban J connectivity index is 1.51. The summed E-state index contributed by atoms with van der Waals surface area (Å²) in [7, 11) is 0. The lowest BCUT2D eigenvalue weighted by Crippen LogP contribution is -2.36. The largest absolute Gasteiger partial charge is 0.444 e. The molecule has 0 unspecified atom stereocenters. The van der Waals surface area contributed by atoms with Gasteiger partial charge in [-0.25, -0.2) is 4.79 Å². The first-order chi connectivity index (χ1) is 10.8. The average molecular weight is 430 g/mol. The first-order valence-electron chi connectivity index (χ1n) is 8.04. The van der Waals surface area contributed by atoms with E-state index in [0.717, 1.165) is 35.4 Å². The monoisotopic (exact) mass is 430 g/mol. The van der Waals surface area contributed by atoms with Gasteiger partial charge in [-0.1, -0.05) is 0 Å². The number of nitrogens with zero attached hydrogens (tertiary/aromatic N) is 3. The fourth-order valence-electron chi connectivity index (χ4n) is 3.50. The van der Waals surface area contributed by atoms with Gasteiger partial charge in [-0.15, -0.1) is 10.2 Å². The van der Waals surface area contributed by atoms with Gasteiger partial charge in [0.1, 0.15) is 15.1 Å². The number of rotatable bonds is 2. The summed E-state index contributed by atoms with van der Waals surface area (Å²) in [6.07, 6.45) is 1.95. The summed E-state index contributed by atoms with van der Waals surface area (Å²) in [4.78, 5) is 14.0. The van der Waals surface area contributed by atoms with Crippen molar-refractivity contribution in [1.29, 1.82) is 0 Å². The highest BCUT2D eigenvalue weighted by atomic mass is 127. The van der Waals surface area contributed by atoms with Crippen LogP contribution in [0.1, 0.15) is 33.6 Å². The second-order valence-electron chi connectivity index (χ2n) is 7.46. The van der Waals surface area contributed by atoms with Gasteiger partial charge in [-0.05, 0) is 80.2 Å². The van der Waals surface area contributed by atoms with Crippen molar-refractivity contribution in [2.75, 3.05) is 18.4 Å². The number of amides is 1. The summed E-state index contributed by atoms with van der Waals surface area (Å²) in [5, 5.41) is 11.7. The quantitative estimate of drug-likeness (QED) is 0.731. The van der Waals surface area contributed by atoms with Crippen LogP contribution in [-0.2, 0) is 4.74 Å². The van der Waals surface area contributed by atoms with E-state index >= 15 is 0 Å². The Morgan fingerprint density at radius 3 is 2.43 bits per heavy atom. The van der Waals surface area contributed by atoms with Gasteiger partial charge in [-0.2, -0.15) is 0 Å². The minimum atomic E-state index is -0.428. The number of likely N-dealkylation sites (tertiary alicyclic amines) is 1. The third kappa shape index (κ3) is 4.24. The van der Waals surface area contributed by atoms with Crippen LogP contribution in [0.4, 0.5) is 10.6 Å². The van der Waals surface area contributed by atoms with Crippen LogP contribution in [0.25, 0.3) is 0 Å². The summed E-state index contributed by atoms with van der Waals surface area (Å²) in [5.41, 5.74) is -0.428. The molecule has 126 valence electrons. The van der Waals surface area contributed by atoms with Gasteiger partial charge in [0.2, 0.25) is 0 Å². The zero-order chi connectivity index (χ0) is 16.6. The zero-order valence-corrected chi connectivity index (χ0v) is 15.9. The summed E-state index contributed by atoms with van der Waals surface area (Å²) in [5.74, 6) is 1.94. The van der Waals surface area contributed by atoms with Crippen molar-refractivity contribution in [3.63, 3.8) is 0 Å². The molecule has 1 N–H and O–H groups in total. The molecule has 3 rings (SSSR count). The van der Waals surface area contributed by atoms with Crippen LogP contribution in [0.15, 0.2) is 12.1 Å². The number of carbonyl (C=O) groups is 1. The predicted octanol–water partition coefficient (Wildman–Crippen LogP) is 3.14. The molecule has 3 atom stereocenters. The molecule has 0 bridgehead atoms. The smallest absolute Gasteiger partial charge is 0.410 e. The highest BCUT2D eigenvalue weighted by molar-refractivity contribution is 14.1. The van der Waals surface area contributed by atoms with Crippen molar-refractivity contribution in [3.8, 4) is 0 Å². The average Bonchev–Trinajstić information content (AvgIpc) is 2.97. The molecule has 2 aliphatic rings. The van der Waals surface area contributed by atoms with E-state index in [1.807, 2.05) is 37.8 Å². The fraction of sp³-hybridized carbons (Fsp3) is 0.688. The molecule has 1 aliphatic heterocycles. The number of hydrogen-bond acceptors (Lipinski definition) is 5. The second-order valence-corrected chi connectivity index (χ2v) is 8.56. The lowest BCUT2D eigenvalue weighted by Gasteiger charge is -2.25. The Bertz CT molecular complexity index is 558. The van der Waals surface area contributed by atoms with Crippen LogP contribution in [0.5, 0.6) is 0 Å². The lowest BCUT2D eigenvalue weighted by atomic mass is 10.0. The summed E-state index contributed by atoms with van der Waals surface area (Å²) < 4.78 is 6.37. The molecule has 23 heavy (non-hydrogen) atoms. The maximum Gasteiger partial charge on any atom is 0.410 e. The minimum Gasteiger partial charge on any atom is -0.444 e. The molecular formula is C16H23IN4O2. The van der Waals surface area contributed by atoms with Crippen LogP contribution < -0.4 is 5.32 Å². The molecule has 7 heteroatoms. The highest BCUT2D eigenvalue weighted by Crippen LogP contribution is 2.39. The van der Waals surface area contributed by atoms with Gasteiger partial charge in [0.15, 0.2) is 0 Å². The third-order valence-corrected chi connectivity index (χ3v) is 4.96. The minimum absolute atomic E-state index is 0.181. The van der Waals surface area contributed by atoms with Gasteiger partial charge in [-0.3, -0.25) is 0 Å². The molecule has 2 heterocycles. The highest BCUT2D eigenvalue weighted by Gasteiger charge is 2.43. The van der Waals surface area contributed by atoms with Crippen molar-refractivity contribution in [3.05, 3.63) is 15.8 Å². The topological polar surface area (TPSA) is 67.3 Å². The van der Waals surface area contributed by atoms with Gasteiger partial charge >= 0.3 is 6.09 Å². The Labute approximate surface area is 150 Å². The van der Waals surface area contributed by atoms with Crippen LogP contribution in [0, 0.1) is 15.5 Å². The first-order valence-corrected chi connectivity index (χ1v) is 9.12. The normalized spacial score (nSPS) is 27.0. The van der Waals surface area contributed by atoms with Crippen molar-refractivity contribution in [1.82, 2.24) is 15.1 Å². The molecule has 2 fully saturated rings. The van der Waals surface area contributed by atoms with Gasteiger partial charge in [0, 0.05) is 19.1 Å². The molecule has 0 spiro atoms. The van der Waals surface area contributed by atoms with Gasteiger partial charge in [0.25, 0.3) is 0 Å². The molecule has 1 amide bonds. The summed E-state index contributed by atoms with van der Waals surface area (Å²) in [6, 6.07) is 4.34. The maximum atomic E-state index is 12.2. The first kappa shape index (κ1) is 16.7. The van der Waals surface area contributed by atoms with Crippen LogP contribution in [-0.4, -0.2) is 45.9 Å². The molecule has 1 saturated heterocycles. The zero-order valence-electron chi connectivity index (χ0n) is 13.8. The SMILES string of the molecule is CC(C)(C)OC(=O)N1C[C@H]2C[C@@H](Nc3ccc(I)nn3)C[C@H]2C1. The number of fused-ring (bicyclic) bond motifs is 1.